The van der Waals surface area contributed by atoms with E-state index in [0.29, 0.717) is 0 Å². The molecule has 0 amide bonds. The molecule has 0 aromatic carbocycles. The van der Waals surface area contributed by atoms with Crippen LogP contribution in [0.2, 0.25) is 0 Å². The van der Waals surface area contributed by atoms with Crippen molar-refractivity contribution in [1.29, 1.82) is 0 Å². The van der Waals surface area contributed by atoms with Gasteiger partial charge in [0.15, 0.2) is 0 Å². The van der Waals surface area contributed by atoms with Crippen molar-refractivity contribution in [3.05, 3.63) is 0 Å². The van der Waals surface area contributed by atoms with Crippen molar-refractivity contribution >= 4 is 7.82 Å². The van der Waals surface area contributed by atoms with Gasteiger partial charge in [0.2, 0.25) is 0 Å². The van der Waals surface area contributed by atoms with E-state index in [1.165, 1.54) is 0 Å². The molecule has 0 aliphatic carbocycles. The molecule has 6 nitrogen and oxygen atoms in total. The number of hydrogen-bond acceptors (Lipinski definition) is 5. The minimum atomic E-state index is -3.88. The number of rotatable bonds is 2. The fourth-order valence-corrected chi connectivity index (χ4v) is 0.129. The number of phosphoric acid groups is 1. The quantitative estimate of drug-likeness (QED) is 0.259. The Hall–Kier alpha value is 4.94. The summed E-state index contributed by atoms with van der Waals surface area (Å²) in [6, 6.07) is 0. The molecule has 0 aromatic heterocycles. The van der Waals surface area contributed by atoms with Crippen molar-refractivity contribution in [2.75, 3.05) is 7.11 Å². The van der Waals surface area contributed by atoms with Crippen LogP contribution in [-0.2, 0) is 13.7 Å². The summed E-state index contributed by atoms with van der Waals surface area (Å²) < 4.78 is 17.3. The number of nitrogens with two attached hydrogens (primary N) is 1. The average Bonchev–Trinajstić information content (AvgIpc) is 1.68. The van der Waals surface area contributed by atoms with E-state index in [4.69, 9.17) is 4.89 Å². The fourth-order valence-electron chi connectivity index (χ4n) is 0.0430. The predicted octanol–water partition coefficient (Wildman–Crippen LogP) is -8.87. The van der Waals surface area contributed by atoms with Crippen LogP contribution in [0.4, 0.5) is 0 Å². The van der Waals surface area contributed by atoms with Crippen molar-refractivity contribution in [3.8, 4) is 0 Å². The minimum Gasteiger partial charge on any atom is -1.00 e. The molecular formula is CH12K3N2O4P. The molecular weight excluding hydrogens is 252 g/mol. The molecule has 0 heterocycles. The Bertz CT molecular complexity index is 106. The zero-order chi connectivity index (χ0) is 5.91. The Balaban J connectivity index is -0.00000000857. The molecule has 0 spiro atoms. The molecule has 0 radical (unpaired) electrons. The summed E-state index contributed by atoms with van der Waals surface area (Å²) in [6.45, 7) is 0. The Morgan fingerprint density at radius 1 is 1.45 bits per heavy atom. The normalized spacial score (nSPS) is 11.9. The summed E-state index contributed by atoms with van der Waals surface area (Å²) in [4.78, 5) is 8.12. The first-order valence-electron chi connectivity index (χ1n) is 1.39. The van der Waals surface area contributed by atoms with E-state index < -0.39 is 7.82 Å². The van der Waals surface area contributed by atoms with Gasteiger partial charge in [0.25, 0.3) is 0 Å². The molecule has 0 fully saturated rings. The summed E-state index contributed by atoms with van der Waals surface area (Å²) in [5.74, 6) is 4.28. The summed E-state index contributed by atoms with van der Waals surface area (Å²) in [6.07, 6.45) is 0. The van der Waals surface area contributed by atoms with E-state index in [1.807, 2.05) is 0 Å². The first kappa shape index (κ1) is 29.7. The molecule has 0 rings (SSSR count). The van der Waals surface area contributed by atoms with Crippen LogP contribution in [0.1, 0.15) is 4.28 Å². The first-order valence-corrected chi connectivity index (χ1v) is 2.89. The Morgan fingerprint density at radius 2 is 1.73 bits per heavy atom. The van der Waals surface area contributed by atoms with Gasteiger partial charge in [-0.2, -0.15) is 0 Å². The van der Waals surface area contributed by atoms with Gasteiger partial charge in [-0.15, -0.1) is 0 Å². The monoisotopic (exact) mass is 264 g/mol. The van der Waals surface area contributed by atoms with Crippen molar-refractivity contribution in [2.45, 2.75) is 0 Å². The summed E-state index contributed by atoms with van der Waals surface area (Å²) >= 11 is 0. The van der Waals surface area contributed by atoms with Gasteiger partial charge in [-0.1, -0.05) is 0 Å². The number of hydrogen-bond donors (Lipinski definition) is 3. The zero-order valence-electron chi connectivity index (χ0n) is 10.4. The van der Waals surface area contributed by atoms with Gasteiger partial charge in [0, 0.05) is 7.11 Å². The Labute approximate surface area is 198 Å². The molecule has 0 bridgehead atoms. The second kappa shape index (κ2) is 17.3. The molecule has 10 heteroatoms. The summed E-state index contributed by atoms with van der Waals surface area (Å²) in [7, 11) is -2.86. The van der Waals surface area contributed by atoms with E-state index in [0.717, 1.165) is 7.11 Å². The van der Waals surface area contributed by atoms with Crippen LogP contribution in [0, 0.1) is 0 Å². The van der Waals surface area contributed by atoms with Crippen LogP contribution < -0.4 is 166 Å². The van der Waals surface area contributed by atoms with Crippen LogP contribution in [0.25, 0.3) is 0 Å². The topological polar surface area (TPSA) is 117 Å². The zero-order valence-corrected chi connectivity index (χ0v) is 17.7. The Morgan fingerprint density at radius 3 is 1.73 bits per heavy atom. The largest absolute Gasteiger partial charge is 1.00 e. The third kappa shape index (κ3) is 20.9. The first-order chi connectivity index (χ1) is 3.12. The van der Waals surface area contributed by atoms with E-state index in [-0.39, 0.29) is 165 Å². The maximum Gasteiger partial charge on any atom is 1.00 e. The van der Waals surface area contributed by atoms with Crippen molar-refractivity contribution in [2.24, 2.45) is 5.90 Å². The molecule has 0 aliphatic rings. The van der Waals surface area contributed by atoms with Gasteiger partial charge in [0.1, 0.15) is 0 Å². The smallest absolute Gasteiger partial charge is 1.00 e. The van der Waals surface area contributed by atoms with Crippen molar-refractivity contribution < 1.29 is 177 Å². The van der Waals surface area contributed by atoms with E-state index in [1.54, 1.807) is 0 Å². The van der Waals surface area contributed by atoms with E-state index >= 15 is 0 Å². The van der Waals surface area contributed by atoms with Gasteiger partial charge in [-0.05, 0) is 0 Å². The second-order valence-electron chi connectivity index (χ2n) is 0.757. The summed E-state index contributed by atoms with van der Waals surface area (Å²) in [5.41, 5.74) is 0. The van der Waals surface area contributed by atoms with Crippen LogP contribution >= 0.6 is 7.82 Å². The van der Waals surface area contributed by atoms with Gasteiger partial charge >= 0.3 is 162 Å². The molecule has 11 heavy (non-hydrogen) atoms. The molecule has 58 valence electrons. The number of phosphoric ester groups is 1. The maximum atomic E-state index is 9.94. The van der Waals surface area contributed by atoms with Crippen molar-refractivity contribution in [1.82, 2.24) is 6.15 Å². The van der Waals surface area contributed by atoms with Crippen LogP contribution in [0.3, 0.4) is 0 Å². The van der Waals surface area contributed by atoms with E-state index in [2.05, 4.69) is 15.0 Å². The van der Waals surface area contributed by atoms with Crippen LogP contribution in [-0.4, -0.2) is 12.0 Å². The molecule has 0 saturated carbocycles. The maximum absolute atomic E-state index is 9.94. The third-order valence-electron chi connectivity index (χ3n) is 0.364. The van der Waals surface area contributed by atoms with Crippen molar-refractivity contribution in [3.63, 3.8) is 0 Å². The van der Waals surface area contributed by atoms with Crippen LogP contribution in [0.5, 0.6) is 0 Å². The van der Waals surface area contributed by atoms with Gasteiger partial charge < -0.3 is 15.3 Å². The molecule has 6 N–H and O–H groups in total. The van der Waals surface area contributed by atoms with E-state index in [9.17, 15) is 4.57 Å². The second-order valence-corrected chi connectivity index (χ2v) is 2.27. The third-order valence-corrected chi connectivity index (χ3v) is 1.09. The van der Waals surface area contributed by atoms with Gasteiger partial charge in [0.05, 0.1) is 0 Å². The van der Waals surface area contributed by atoms with Crippen LogP contribution in [0.15, 0.2) is 0 Å². The summed E-state index contributed by atoms with van der Waals surface area (Å²) in [5, 5.41) is 0. The van der Waals surface area contributed by atoms with Gasteiger partial charge in [-0.3, -0.25) is 4.52 Å². The average molecular weight is 264 g/mol. The standard InChI is InChI=1S/CH6NO4P.3K.H3N.3H/c1-5-7(3,4)6-2;;;;;;;/h2H2,1H3,(H,3,4);;;;1H3;;;/q;3*+1;;3*-1. The molecule has 0 saturated heterocycles. The molecule has 0 aliphatic heterocycles. The predicted molar refractivity (Wildman–Crippen MR) is 30.5 cm³/mol. The molecule has 1 atom stereocenters. The Kier molecular flexibility index (Phi) is 46.9. The fraction of sp³-hybridized carbons (Fsp3) is 1.00. The minimum absolute atomic E-state index is 0. The molecule has 0 aromatic rings. The van der Waals surface area contributed by atoms with Gasteiger partial charge in [-0.25, -0.2) is 15.1 Å². The SMILES string of the molecule is COP(=O)(O)ON.N.[H-].[H-].[H-].[K+].[K+].[K+]. The molecule has 1 unspecified atom stereocenters.